The molecule has 7 nitrogen and oxygen atoms in total. The minimum absolute atomic E-state index is 0.129. The maximum Gasteiger partial charge on any atom is 0.295 e. The molecule has 0 fully saturated rings. The highest BCUT2D eigenvalue weighted by atomic mass is 79.9. The van der Waals surface area contributed by atoms with Crippen molar-refractivity contribution in [3.8, 4) is 5.69 Å². The van der Waals surface area contributed by atoms with Crippen LogP contribution in [0.15, 0.2) is 74.6 Å². The molecule has 9 heteroatoms. The maximum absolute atomic E-state index is 13.1. The van der Waals surface area contributed by atoms with E-state index in [4.69, 9.17) is 11.6 Å². The number of carbonyl (C=O) groups is 2. The third-order valence-electron chi connectivity index (χ3n) is 4.92. The summed E-state index contributed by atoms with van der Waals surface area (Å²) in [5.74, 6) is -1.27. The maximum atomic E-state index is 13.1. The molecule has 152 valence electrons. The number of rotatable bonds is 4. The largest absolute Gasteiger partial charge is 0.344 e. The van der Waals surface area contributed by atoms with Gasteiger partial charge >= 0.3 is 0 Å². The first-order valence-corrected chi connectivity index (χ1v) is 10.1. The molecule has 1 aliphatic rings. The molecule has 3 aromatic rings. The zero-order valence-corrected chi connectivity index (χ0v) is 18.4. The fourth-order valence-corrected chi connectivity index (χ4v) is 3.75. The number of benzene rings is 2. The summed E-state index contributed by atoms with van der Waals surface area (Å²) in [5, 5.41) is 2.55. The molecule has 2 amide bonds. The Morgan fingerprint density at radius 2 is 1.53 bits per heavy atom. The lowest BCUT2D eigenvalue weighted by Gasteiger charge is -2.14. The zero-order valence-electron chi connectivity index (χ0n) is 16.0. The van der Waals surface area contributed by atoms with Crippen molar-refractivity contribution in [1.29, 1.82) is 0 Å². The topological polar surface area (TPSA) is 76.3 Å². The molecule has 1 N–H and O–H groups in total. The van der Waals surface area contributed by atoms with Gasteiger partial charge in [-0.3, -0.25) is 19.1 Å². The van der Waals surface area contributed by atoms with Gasteiger partial charge in [-0.15, -0.1) is 0 Å². The summed E-state index contributed by atoms with van der Waals surface area (Å²) < 4.78 is 3.95. The lowest BCUT2D eigenvalue weighted by Crippen LogP contribution is -2.32. The van der Waals surface area contributed by atoms with Crippen molar-refractivity contribution in [3.05, 3.63) is 85.8 Å². The summed E-state index contributed by atoms with van der Waals surface area (Å²) in [6.45, 7) is 1.74. The number of hydrogen-bond donors (Lipinski definition) is 1. The van der Waals surface area contributed by atoms with Gasteiger partial charge < -0.3 is 5.32 Å². The molecule has 0 spiro atoms. The Labute approximate surface area is 185 Å². The van der Waals surface area contributed by atoms with Crippen LogP contribution in [0.5, 0.6) is 0 Å². The number of halogens is 2. The van der Waals surface area contributed by atoms with Crippen LogP contribution in [0.4, 0.5) is 11.4 Å². The van der Waals surface area contributed by atoms with E-state index in [9.17, 15) is 14.4 Å². The molecule has 0 aliphatic carbocycles. The first-order chi connectivity index (χ1) is 14.3. The summed E-state index contributed by atoms with van der Waals surface area (Å²) in [6, 6.07) is 15.8. The van der Waals surface area contributed by atoms with Crippen molar-refractivity contribution in [3.63, 3.8) is 0 Å². The minimum Gasteiger partial charge on any atom is -0.344 e. The molecule has 0 atom stereocenters. The predicted octanol–water partition coefficient (Wildman–Crippen LogP) is 3.68. The van der Waals surface area contributed by atoms with Crippen molar-refractivity contribution in [1.82, 2.24) is 9.36 Å². The third-order valence-corrected chi connectivity index (χ3v) is 5.80. The zero-order chi connectivity index (χ0) is 21.6. The molecule has 0 saturated heterocycles. The number of aromatic nitrogens is 2. The van der Waals surface area contributed by atoms with Gasteiger partial charge in [-0.1, -0.05) is 45.7 Å². The molecular weight excluding hydrogens is 472 g/mol. The molecule has 0 unspecified atom stereocenters. The van der Waals surface area contributed by atoms with Gasteiger partial charge in [-0.2, -0.15) is 0 Å². The van der Waals surface area contributed by atoms with Crippen molar-refractivity contribution < 1.29 is 9.59 Å². The third kappa shape index (κ3) is 3.18. The fraction of sp³-hybridized carbons (Fsp3) is 0.0952. The van der Waals surface area contributed by atoms with Gasteiger partial charge in [0.15, 0.2) is 0 Å². The molecular formula is C21H16BrClN4O3. The number of nitrogens with one attached hydrogen (secondary N) is 1. The van der Waals surface area contributed by atoms with Gasteiger partial charge in [-0.05, 0) is 43.3 Å². The number of carbonyl (C=O) groups excluding carboxylic acids is 2. The fourth-order valence-electron chi connectivity index (χ4n) is 3.27. The number of anilines is 2. The van der Waals surface area contributed by atoms with Gasteiger partial charge in [0.1, 0.15) is 16.4 Å². The molecule has 1 aromatic heterocycles. The van der Waals surface area contributed by atoms with Crippen molar-refractivity contribution >= 4 is 50.7 Å². The molecule has 2 aromatic carbocycles. The van der Waals surface area contributed by atoms with Gasteiger partial charge in [-0.25, -0.2) is 9.58 Å². The van der Waals surface area contributed by atoms with Crippen LogP contribution < -0.4 is 15.8 Å². The summed E-state index contributed by atoms with van der Waals surface area (Å²) in [7, 11) is 1.74. The molecule has 0 saturated carbocycles. The van der Waals surface area contributed by atoms with Crippen LogP contribution in [0.25, 0.3) is 5.69 Å². The number of hydrogen-bond acceptors (Lipinski definition) is 4. The van der Waals surface area contributed by atoms with Gasteiger partial charge in [0.05, 0.1) is 17.1 Å². The van der Waals surface area contributed by atoms with Gasteiger partial charge in [0.25, 0.3) is 17.4 Å². The molecule has 0 bridgehead atoms. The molecule has 1 aliphatic heterocycles. The van der Waals surface area contributed by atoms with E-state index in [1.807, 2.05) is 18.2 Å². The molecule has 30 heavy (non-hydrogen) atoms. The lowest BCUT2D eigenvalue weighted by molar-refractivity contribution is -0.120. The normalized spacial score (nSPS) is 14.1. The van der Waals surface area contributed by atoms with Crippen LogP contribution in [-0.2, 0) is 16.6 Å². The Hall–Kier alpha value is -3.10. The van der Waals surface area contributed by atoms with E-state index in [0.717, 1.165) is 9.37 Å². The van der Waals surface area contributed by atoms with E-state index in [2.05, 4.69) is 21.2 Å². The minimum atomic E-state index is -0.650. The summed E-state index contributed by atoms with van der Waals surface area (Å²) in [4.78, 5) is 39.7. The highest BCUT2D eigenvalue weighted by molar-refractivity contribution is 9.10. The Kier molecular flexibility index (Phi) is 5.13. The Balaban J connectivity index is 1.73. The first-order valence-electron chi connectivity index (χ1n) is 8.96. The quantitative estimate of drug-likeness (QED) is 0.570. The number of para-hydroxylation sites is 1. The van der Waals surface area contributed by atoms with Crippen molar-refractivity contribution in [2.75, 3.05) is 10.2 Å². The van der Waals surface area contributed by atoms with Crippen molar-refractivity contribution in [2.45, 2.75) is 6.92 Å². The monoisotopic (exact) mass is 486 g/mol. The SMILES string of the molecule is Cc1c(NC2=C(Cl)C(=O)N(c3ccc(Br)cc3)C2=O)c(=O)n(-c2ccccc2)n1C. The second-order valence-corrected chi connectivity index (χ2v) is 7.97. The smallest absolute Gasteiger partial charge is 0.295 e. The highest BCUT2D eigenvalue weighted by Crippen LogP contribution is 2.31. The van der Waals surface area contributed by atoms with Crippen LogP contribution in [0.1, 0.15) is 5.69 Å². The van der Waals surface area contributed by atoms with Crippen LogP contribution in [0, 0.1) is 6.92 Å². The first kappa shape index (κ1) is 20.2. The van der Waals surface area contributed by atoms with E-state index >= 15 is 0 Å². The lowest BCUT2D eigenvalue weighted by atomic mass is 10.3. The Bertz CT molecular complexity index is 1260. The summed E-state index contributed by atoms with van der Waals surface area (Å²) >= 11 is 9.52. The number of nitrogens with zero attached hydrogens (tertiary/aromatic N) is 3. The highest BCUT2D eigenvalue weighted by Gasteiger charge is 2.39. The Morgan fingerprint density at radius 1 is 0.900 bits per heavy atom. The second kappa shape index (κ2) is 7.62. The predicted molar refractivity (Wildman–Crippen MR) is 119 cm³/mol. The summed E-state index contributed by atoms with van der Waals surface area (Å²) in [6.07, 6.45) is 0. The molecule has 0 radical (unpaired) electrons. The number of amides is 2. The average Bonchev–Trinajstić information content (AvgIpc) is 3.08. The van der Waals surface area contributed by atoms with Gasteiger partial charge in [0, 0.05) is 11.5 Å². The van der Waals surface area contributed by atoms with E-state index < -0.39 is 11.8 Å². The second-order valence-electron chi connectivity index (χ2n) is 6.67. The van der Waals surface area contributed by atoms with Crippen molar-refractivity contribution in [2.24, 2.45) is 7.05 Å². The van der Waals surface area contributed by atoms with Crippen LogP contribution in [0.3, 0.4) is 0 Å². The standard InChI is InChI=1S/C21H16BrClN4O3/c1-12-17(21(30)27(25(12)2)15-6-4-3-5-7-15)24-18-16(23)19(28)26(20(18)29)14-10-8-13(22)9-11-14/h3-11,24H,1-2H3. The van der Waals surface area contributed by atoms with E-state index in [1.54, 1.807) is 55.1 Å². The van der Waals surface area contributed by atoms with E-state index in [1.165, 1.54) is 4.68 Å². The number of imide groups is 1. The molecule has 4 rings (SSSR count). The Morgan fingerprint density at radius 3 is 2.17 bits per heavy atom. The van der Waals surface area contributed by atoms with E-state index in [0.29, 0.717) is 17.1 Å². The van der Waals surface area contributed by atoms with Gasteiger partial charge in [0.2, 0.25) is 0 Å². The van der Waals surface area contributed by atoms with Crippen LogP contribution in [-0.4, -0.2) is 21.2 Å². The van der Waals surface area contributed by atoms with Crippen LogP contribution >= 0.6 is 27.5 Å². The van der Waals surface area contributed by atoms with Crippen LogP contribution in [0.2, 0.25) is 0 Å². The van der Waals surface area contributed by atoms with E-state index in [-0.39, 0.29) is 22.0 Å². The average molecular weight is 488 g/mol. The molecule has 2 heterocycles. The summed E-state index contributed by atoms with van der Waals surface area (Å²) in [5.41, 5.74) is 1.33.